The molecule has 1 aromatic heterocycles. The van der Waals surface area contributed by atoms with Crippen LogP contribution in [0.4, 0.5) is 0 Å². The molecule has 1 amide bonds. The Balaban J connectivity index is 1.95. The molecule has 6 nitrogen and oxygen atoms in total. The van der Waals surface area contributed by atoms with Gasteiger partial charge >= 0.3 is 0 Å². The molecule has 0 atom stereocenters. The minimum Gasteiger partial charge on any atom is -0.346 e. The molecular formula is C11H16IN5OS. The second-order valence-corrected chi connectivity index (χ2v) is 6.10. The van der Waals surface area contributed by atoms with Gasteiger partial charge < -0.3 is 9.80 Å². The standard InChI is InChI=1S/C11H16IN5OS/c1-15-3-5-17(6-4-15)11(19)13-10(18)9-8(12)7-16(2)14-9/h7H,3-6H2,1-2H3,(H,13,18,19). The largest absolute Gasteiger partial charge is 0.346 e. The predicted molar refractivity (Wildman–Crippen MR) is 85.1 cm³/mol. The lowest BCUT2D eigenvalue weighted by Crippen LogP contribution is -2.51. The fourth-order valence-corrected chi connectivity index (χ4v) is 2.89. The average Bonchev–Trinajstić information content (AvgIpc) is 2.69. The number of hydrogen-bond donors (Lipinski definition) is 1. The van der Waals surface area contributed by atoms with Crippen molar-refractivity contribution < 1.29 is 4.79 Å². The van der Waals surface area contributed by atoms with Crippen LogP contribution >= 0.6 is 34.8 Å². The number of amides is 1. The number of hydrogen-bond acceptors (Lipinski definition) is 4. The van der Waals surface area contributed by atoms with Gasteiger partial charge in [-0.05, 0) is 41.9 Å². The number of nitrogens with one attached hydrogen (secondary N) is 1. The van der Waals surface area contributed by atoms with Gasteiger partial charge in [-0.1, -0.05) is 0 Å². The van der Waals surface area contributed by atoms with E-state index in [-0.39, 0.29) is 5.91 Å². The van der Waals surface area contributed by atoms with E-state index in [9.17, 15) is 4.79 Å². The van der Waals surface area contributed by atoms with Crippen molar-refractivity contribution in [3.05, 3.63) is 15.5 Å². The van der Waals surface area contributed by atoms with E-state index < -0.39 is 0 Å². The van der Waals surface area contributed by atoms with E-state index in [4.69, 9.17) is 12.2 Å². The zero-order valence-electron chi connectivity index (χ0n) is 10.9. The summed E-state index contributed by atoms with van der Waals surface area (Å²) in [6.07, 6.45) is 1.80. The number of halogens is 1. The molecule has 0 bridgehead atoms. The highest BCUT2D eigenvalue weighted by atomic mass is 127. The zero-order valence-corrected chi connectivity index (χ0v) is 13.9. The maximum Gasteiger partial charge on any atom is 0.279 e. The Morgan fingerprint density at radius 3 is 2.53 bits per heavy atom. The first-order valence-electron chi connectivity index (χ1n) is 5.95. The average molecular weight is 393 g/mol. The molecule has 1 N–H and O–H groups in total. The number of carbonyl (C=O) groups is 1. The van der Waals surface area contributed by atoms with E-state index in [1.165, 1.54) is 0 Å². The van der Waals surface area contributed by atoms with Crippen LogP contribution in [0.15, 0.2) is 6.20 Å². The SMILES string of the molecule is CN1CCN(C(=S)NC(=O)c2nn(C)cc2I)CC1. The van der Waals surface area contributed by atoms with E-state index in [0.717, 1.165) is 29.7 Å². The quantitative estimate of drug-likeness (QED) is 0.549. The fraction of sp³-hybridized carbons (Fsp3) is 0.545. The summed E-state index contributed by atoms with van der Waals surface area (Å²) < 4.78 is 2.44. The second-order valence-electron chi connectivity index (χ2n) is 4.55. The van der Waals surface area contributed by atoms with Gasteiger partial charge in [-0.2, -0.15) is 5.10 Å². The summed E-state index contributed by atoms with van der Waals surface area (Å²) in [7, 11) is 3.87. The van der Waals surface area contributed by atoms with Crippen molar-refractivity contribution in [2.45, 2.75) is 0 Å². The molecule has 1 fully saturated rings. The topological polar surface area (TPSA) is 53.4 Å². The number of aryl methyl sites for hydroxylation is 1. The van der Waals surface area contributed by atoms with Crippen molar-refractivity contribution in [3.8, 4) is 0 Å². The molecule has 1 aliphatic heterocycles. The van der Waals surface area contributed by atoms with Gasteiger partial charge in [0.25, 0.3) is 5.91 Å². The third-order valence-electron chi connectivity index (χ3n) is 3.01. The fourth-order valence-electron chi connectivity index (χ4n) is 1.86. The first-order valence-corrected chi connectivity index (χ1v) is 7.44. The summed E-state index contributed by atoms with van der Waals surface area (Å²) >= 11 is 7.37. The Hall–Kier alpha value is -0.740. The smallest absolute Gasteiger partial charge is 0.279 e. The van der Waals surface area contributed by atoms with Gasteiger partial charge in [-0.15, -0.1) is 0 Å². The van der Waals surface area contributed by atoms with E-state index in [1.54, 1.807) is 17.9 Å². The Labute approximate surface area is 131 Å². The van der Waals surface area contributed by atoms with E-state index >= 15 is 0 Å². The lowest BCUT2D eigenvalue weighted by Gasteiger charge is -2.33. The molecule has 0 saturated carbocycles. The van der Waals surface area contributed by atoms with Crippen molar-refractivity contribution >= 4 is 45.8 Å². The van der Waals surface area contributed by atoms with Gasteiger partial charge in [0, 0.05) is 39.4 Å². The summed E-state index contributed by atoms with van der Waals surface area (Å²) in [5.74, 6) is -0.242. The van der Waals surface area contributed by atoms with Crippen molar-refractivity contribution in [2.24, 2.45) is 7.05 Å². The van der Waals surface area contributed by atoms with Crippen molar-refractivity contribution in [3.63, 3.8) is 0 Å². The van der Waals surface area contributed by atoms with Crippen LogP contribution in [-0.2, 0) is 7.05 Å². The monoisotopic (exact) mass is 393 g/mol. The molecular weight excluding hydrogens is 377 g/mol. The summed E-state index contributed by atoms with van der Waals surface area (Å²) in [5, 5.41) is 7.37. The summed E-state index contributed by atoms with van der Waals surface area (Å²) in [4.78, 5) is 16.3. The van der Waals surface area contributed by atoms with Gasteiger partial charge in [0.05, 0.1) is 3.57 Å². The van der Waals surface area contributed by atoms with Crippen LogP contribution in [0.2, 0.25) is 0 Å². The molecule has 104 valence electrons. The van der Waals surface area contributed by atoms with E-state index in [2.05, 4.69) is 45.0 Å². The van der Waals surface area contributed by atoms with Gasteiger partial charge in [0.15, 0.2) is 10.8 Å². The lowest BCUT2D eigenvalue weighted by molar-refractivity contribution is 0.0964. The number of likely N-dealkylation sites (N-methyl/N-ethyl adjacent to an activating group) is 1. The highest BCUT2D eigenvalue weighted by molar-refractivity contribution is 14.1. The summed E-state index contributed by atoms with van der Waals surface area (Å²) in [5.41, 5.74) is 0.416. The first kappa shape index (κ1) is 14.7. The normalized spacial score (nSPS) is 16.5. The van der Waals surface area contributed by atoms with Gasteiger partial charge in [-0.3, -0.25) is 14.8 Å². The Morgan fingerprint density at radius 2 is 2.00 bits per heavy atom. The third kappa shape index (κ3) is 3.63. The van der Waals surface area contributed by atoms with Crippen LogP contribution in [0.3, 0.4) is 0 Å². The summed E-state index contributed by atoms with van der Waals surface area (Å²) in [6.45, 7) is 3.60. The molecule has 8 heteroatoms. The number of carbonyl (C=O) groups excluding carboxylic acids is 1. The van der Waals surface area contributed by atoms with E-state index in [1.807, 2.05) is 4.90 Å². The first-order chi connectivity index (χ1) is 8.97. The molecule has 0 aromatic carbocycles. The van der Waals surface area contributed by atoms with Crippen LogP contribution in [0.1, 0.15) is 10.5 Å². The lowest BCUT2D eigenvalue weighted by atomic mass is 10.3. The van der Waals surface area contributed by atoms with Gasteiger partial charge in [0.2, 0.25) is 0 Å². The molecule has 0 aliphatic carbocycles. The van der Waals surface area contributed by atoms with Gasteiger partial charge in [-0.25, -0.2) is 0 Å². The van der Waals surface area contributed by atoms with Crippen molar-refractivity contribution in [1.29, 1.82) is 0 Å². The van der Waals surface area contributed by atoms with Crippen LogP contribution in [0.25, 0.3) is 0 Å². The van der Waals surface area contributed by atoms with Crippen molar-refractivity contribution in [2.75, 3.05) is 33.2 Å². The van der Waals surface area contributed by atoms with Gasteiger partial charge in [0.1, 0.15) is 0 Å². The highest BCUT2D eigenvalue weighted by Crippen LogP contribution is 2.09. The number of piperazine rings is 1. The molecule has 0 spiro atoms. The Kier molecular flexibility index (Phi) is 4.74. The number of nitrogens with zero attached hydrogens (tertiary/aromatic N) is 4. The molecule has 1 aliphatic rings. The van der Waals surface area contributed by atoms with Crippen LogP contribution in [-0.4, -0.2) is 63.8 Å². The number of aromatic nitrogens is 2. The van der Waals surface area contributed by atoms with Crippen LogP contribution < -0.4 is 5.32 Å². The third-order valence-corrected chi connectivity index (χ3v) is 4.16. The second kappa shape index (κ2) is 6.14. The Morgan fingerprint density at radius 1 is 1.37 bits per heavy atom. The molecule has 0 unspecified atom stereocenters. The molecule has 0 radical (unpaired) electrons. The Bertz CT molecular complexity index is 495. The number of thiocarbonyl (C=S) groups is 1. The van der Waals surface area contributed by atoms with Crippen LogP contribution in [0, 0.1) is 3.57 Å². The minimum atomic E-state index is -0.242. The maximum atomic E-state index is 12.1. The van der Waals surface area contributed by atoms with E-state index in [0.29, 0.717) is 10.8 Å². The summed E-state index contributed by atoms with van der Waals surface area (Å²) in [6, 6.07) is 0. The minimum absolute atomic E-state index is 0.242. The molecule has 1 aromatic rings. The molecule has 1 saturated heterocycles. The van der Waals surface area contributed by atoms with Crippen molar-refractivity contribution in [1.82, 2.24) is 24.9 Å². The molecule has 2 rings (SSSR count). The highest BCUT2D eigenvalue weighted by Gasteiger charge is 2.20. The molecule has 2 heterocycles. The predicted octanol–water partition coefficient (Wildman–Crippen LogP) is 0.287. The maximum absolute atomic E-state index is 12.1. The zero-order chi connectivity index (χ0) is 14.0. The van der Waals surface area contributed by atoms with Crippen LogP contribution in [0.5, 0.6) is 0 Å². The molecule has 19 heavy (non-hydrogen) atoms. The number of rotatable bonds is 1.